The predicted octanol–water partition coefficient (Wildman–Crippen LogP) is 3.12. The summed E-state index contributed by atoms with van der Waals surface area (Å²) in [6, 6.07) is 7.59. The molecule has 3 nitrogen and oxygen atoms in total. The second kappa shape index (κ2) is 7.07. The Morgan fingerprint density at radius 1 is 1.05 bits per heavy atom. The molecule has 0 saturated carbocycles. The molecule has 0 aliphatic rings. The van der Waals surface area contributed by atoms with E-state index in [1.54, 1.807) is 0 Å². The molecule has 0 aromatic heterocycles. The van der Waals surface area contributed by atoms with Crippen molar-refractivity contribution in [2.24, 2.45) is 5.92 Å². The molecule has 1 amide bonds. The number of hydrogen-bond donors (Lipinski definition) is 1. The summed E-state index contributed by atoms with van der Waals surface area (Å²) >= 11 is 0. The van der Waals surface area contributed by atoms with Gasteiger partial charge in [0, 0.05) is 24.4 Å². The minimum atomic E-state index is -0.0540. The van der Waals surface area contributed by atoms with Crippen LogP contribution in [-0.4, -0.2) is 17.7 Å². The Labute approximate surface area is 115 Å². The van der Waals surface area contributed by atoms with Gasteiger partial charge in [-0.3, -0.25) is 9.59 Å². The first-order valence-electron chi connectivity index (χ1n) is 6.79. The average Bonchev–Trinajstić information content (AvgIpc) is 2.36. The molecule has 0 heterocycles. The van der Waals surface area contributed by atoms with Crippen LogP contribution in [0.3, 0.4) is 0 Å². The quantitative estimate of drug-likeness (QED) is 0.800. The molecule has 1 rings (SSSR count). The van der Waals surface area contributed by atoms with E-state index in [1.807, 2.05) is 38.1 Å². The fraction of sp³-hybridized carbons (Fsp3) is 0.500. The van der Waals surface area contributed by atoms with Crippen molar-refractivity contribution in [1.82, 2.24) is 5.32 Å². The van der Waals surface area contributed by atoms with Crippen LogP contribution in [0, 0.1) is 12.8 Å². The molecule has 0 radical (unpaired) electrons. The largest absolute Gasteiger partial charge is 0.353 e. The molecule has 0 bridgehead atoms. The molecule has 0 saturated heterocycles. The maximum absolute atomic E-state index is 11.9. The van der Waals surface area contributed by atoms with Crippen molar-refractivity contribution in [3.8, 4) is 0 Å². The van der Waals surface area contributed by atoms with Gasteiger partial charge in [-0.05, 0) is 19.8 Å². The number of ketones is 1. The summed E-state index contributed by atoms with van der Waals surface area (Å²) in [7, 11) is 0. The topological polar surface area (TPSA) is 46.2 Å². The van der Waals surface area contributed by atoms with E-state index in [-0.39, 0.29) is 30.6 Å². The highest BCUT2D eigenvalue weighted by Gasteiger charge is 2.13. The number of aryl methyl sites for hydroxylation is 1. The maximum atomic E-state index is 11.9. The van der Waals surface area contributed by atoms with E-state index in [9.17, 15) is 9.59 Å². The van der Waals surface area contributed by atoms with Crippen molar-refractivity contribution in [3.63, 3.8) is 0 Å². The lowest BCUT2D eigenvalue weighted by atomic mass is 10.0. The Kier molecular flexibility index (Phi) is 5.74. The Balaban J connectivity index is 2.42. The zero-order valence-corrected chi connectivity index (χ0v) is 12.2. The first-order chi connectivity index (χ1) is 8.90. The minimum Gasteiger partial charge on any atom is -0.353 e. The molecule has 104 valence electrons. The monoisotopic (exact) mass is 261 g/mol. The molecule has 1 atom stereocenters. The molecule has 0 aliphatic heterocycles. The molecule has 1 N–H and O–H groups in total. The smallest absolute Gasteiger partial charge is 0.220 e. The van der Waals surface area contributed by atoms with E-state index in [0.29, 0.717) is 11.5 Å². The van der Waals surface area contributed by atoms with Crippen molar-refractivity contribution in [3.05, 3.63) is 35.4 Å². The van der Waals surface area contributed by atoms with Crippen molar-refractivity contribution in [1.29, 1.82) is 0 Å². The fourth-order valence-corrected chi connectivity index (χ4v) is 1.60. The van der Waals surface area contributed by atoms with Gasteiger partial charge in [-0.15, -0.1) is 0 Å². The Morgan fingerprint density at radius 3 is 2.16 bits per heavy atom. The van der Waals surface area contributed by atoms with E-state index in [2.05, 4.69) is 19.2 Å². The third kappa shape index (κ3) is 5.25. The SMILES string of the molecule is Cc1ccc(C(=O)CCC(=O)NC(C)C(C)C)cc1. The van der Waals surface area contributed by atoms with Crippen LogP contribution < -0.4 is 5.32 Å². The van der Waals surface area contributed by atoms with Gasteiger partial charge in [-0.25, -0.2) is 0 Å². The standard InChI is InChI=1S/C16H23NO2/c1-11(2)13(4)17-16(19)10-9-15(18)14-7-5-12(3)6-8-14/h5-8,11,13H,9-10H2,1-4H3,(H,17,19). The molecular weight excluding hydrogens is 238 g/mol. The number of nitrogens with one attached hydrogen (secondary N) is 1. The van der Waals surface area contributed by atoms with Gasteiger partial charge in [-0.2, -0.15) is 0 Å². The Bertz CT molecular complexity index is 435. The van der Waals surface area contributed by atoms with Crippen LogP contribution in [0.4, 0.5) is 0 Å². The van der Waals surface area contributed by atoms with Crippen LogP contribution in [0.2, 0.25) is 0 Å². The molecule has 1 unspecified atom stereocenters. The van der Waals surface area contributed by atoms with Crippen LogP contribution in [0.15, 0.2) is 24.3 Å². The van der Waals surface area contributed by atoms with E-state index >= 15 is 0 Å². The summed E-state index contributed by atoms with van der Waals surface area (Å²) in [6.45, 7) is 8.07. The number of hydrogen-bond acceptors (Lipinski definition) is 2. The summed E-state index contributed by atoms with van der Waals surface area (Å²) in [4.78, 5) is 23.6. The number of benzene rings is 1. The summed E-state index contributed by atoms with van der Waals surface area (Å²) in [5.41, 5.74) is 1.80. The molecule has 0 fully saturated rings. The second-order valence-electron chi connectivity index (χ2n) is 5.39. The highest BCUT2D eigenvalue weighted by atomic mass is 16.2. The highest BCUT2D eigenvalue weighted by molar-refractivity contribution is 5.97. The molecule has 3 heteroatoms. The normalized spacial score (nSPS) is 12.3. The molecule has 0 aliphatic carbocycles. The van der Waals surface area contributed by atoms with Gasteiger partial charge in [0.1, 0.15) is 0 Å². The Morgan fingerprint density at radius 2 is 1.63 bits per heavy atom. The van der Waals surface area contributed by atoms with Gasteiger partial charge in [-0.1, -0.05) is 43.7 Å². The Hall–Kier alpha value is -1.64. The van der Waals surface area contributed by atoms with E-state index in [4.69, 9.17) is 0 Å². The van der Waals surface area contributed by atoms with Crippen molar-refractivity contribution in [2.75, 3.05) is 0 Å². The first-order valence-corrected chi connectivity index (χ1v) is 6.79. The number of Topliss-reactive ketones (excluding diaryl/α,β-unsaturated/α-hetero) is 1. The van der Waals surface area contributed by atoms with Gasteiger partial charge >= 0.3 is 0 Å². The zero-order chi connectivity index (χ0) is 14.4. The molecule has 19 heavy (non-hydrogen) atoms. The number of amides is 1. The van der Waals surface area contributed by atoms with Crippen LogP contribution in [0.5, 0.6) is 0 Å². The number of carbonyl (C=O) groups excluding carboxylic acids is 2. The molecule has 0 spiro atoms. The van der Waals surface area contributed by atoms with Crippen molar-refractivity contribution in [2.45, 2.75) is 46.6 Å². The fourth-order valence-electron chi connectivity index (χ4n) is 1.60. The van der Waals surface area contributed by atoms with Gasteiger partial charge in [0.15, 0.2) is 5.78 Å². The van der Waals surface area contributed by atoms with E-state index in [0.717, 1.165) is 5.56 Å². The summed E-state index contributed by atoms with van der Waals surface area (Å²) in [5.74, 6) is 0.366. The minimum absolute atomic E-state index is 0.0207. The van der Waals surface area contributed by atoms with Crippen LogP contribution in [0.25, 0.3) is 0 Å². The van der Waals surface area contributed by atoms with Crippen LogP contribution >= 0.6 is 0 Å². The van der Waals surface area contributed by atoms with Crippen LogP contribution in [-0.2, 0) is 4.79 Å². The highest BCUT2D eigenvalue weighted by Crippen LogP contribution is 2.08. The summed E-state index contributed by atoms with van der Waals surface area (Å²) < 4.78 is 0. The first kappa shape index (κ1) is 15.4. The molecular formula is C16H23NO2. The lowest BCUT2D eigenvalue weighted by Gasteiger charge is -2.17. The summed E-state index contributed by atoms with van der Waals surface area (Å²) in [6.07, 6.45) is 0.517. The lowest BCUT2D eigenvalue weighted by molar-refractivity contribution is -0.121. The van der Waals surface area contributed by atoms with Crippen LogP contribution in [0.1, 0.15) is 49.5 Å². The molecule has 1 aromatic rings. The molecule has 1 aromatic carbocycles. The maximum Gasteiger partial charge on any atom is 0.220 e. The lowest BCUT2D eigenvalue weighted by Crippen LogP contribution is -2.36. The third-order valence-corrected chi connectivity index (χ3v) is 3.34. The van der Waals surface area contributed by atoms with Crippen molar-refractivity contribution < 1.29 is 9.59 Å². The van der Waals surface area contributed by atoms with E-state index in [1.165, 1.54) is 0 Å². The number of rotatable bonds is 6. The summed E-state index contributed by atoms with van der Waals surface area (Å²) in [5, 5.41) is 2.90. The van der Waals surface area contributed by atoms with Crippen molar-refractivity contribution >= 4 is 11.7 Å². The predicted molar refractivity (Wildman–Crippen MR) is 77.2 cm³/mol. The third-order valence-electron chi connectivity index (χ3n) is 3.34. The van der Waals surface area contributed by atoms with Gasteiger partial charge in [0.25, 0.3) is 0 Å². The van der Waals surface area contributed by atoms with Gasteiger partial charge in [0.2, 0.25) is 5.91 Å². The second-order valence-corrected chi connectivity index (χ2v) is 5.39. The number of carbonyl (C=O) groups is 2. The van der Waals surface area contributed by atoms with Gasteiger partial charge in [0.05, 0.1) is 0 Å². The van der Waals surface area contributed by atoms with E-state index < -0.39 is 0 Å². The average molecular weight is 261 g/mol. The van der Waals surface area contributed by atoms with Gasteiger partial charge < -0.3 is 5.32 Å². The zero-order valence-electron chi connectivity index (χ0n) is 12.2.